The van der Waals surface area contributed by atoms with E-state index in [0.29, 0.717) is 5.56 Å². The van der Waals surface area contributed by atoms with E-state index in [1.165, 1.54) is 12.5 Å². The largest absolute Gasteiger partial charge is 0.472 e. The monoisotopic (exact) mass is 245 g/mol. The van der Waals surface area contributed by atoms with Crippen LogP contribution in [0.25, 0.3) is 0 Å². The first-order chi connectivity index (χ1) is 8.84. The quantitative estimate of drug-likeness (QED) is 0.828. The maximum absolute atomic E-state index is 12.3. The summed E-state index contributed by atoms with van der Waals surface area (Å²) in [6.45, 7) is 1.58. The first kappa shape index (κ1) is 11.1. The topological polar surface area (TPSA) is 51.3 Å². The van der Waals surface area contributed by atoms with Gasteiger partial charge in [-0.05, 0) is 25.0 Å². The fourth-order valence-electron chi connectivity index (χ4n) is 2.47. The van der Waals surface area contributed by atoms with Gasteiger partial charge in [0.2, 0.25) is 0 Å². The molecule has 18 heavy (non-hydrogen) atoms. The van der Waals surface area contributed by atoms with Crippen molar-refractivity contribution in [2.24, 2.45) is 0 Å². The van der Waals surface area contributed by atoms with Gasteiger partial charge in [-0.2, -0.15) is 5.10 Å². The number of amides is 1. The van der Waals surface area contributed by atoms with Gasteiger partial charge in [-0.15, -0.1) is 0 Å². The summed E-state index contributed by atoms with van der Waals surface area (Å²) in [5, 5.41) is 4.20. The molecule has 2 aromatic rings. The number of carbonyl (C=O) groups excluding carboxylic acids is 1. The van der Waals surface area contributed by atoms with Crippen LogP contribution in [0.15, 0.2) is 41.5 Å². The minimum Gasteiger partial charge on any atom is -0.472 e. The molecule has 2 aromatic heterocycles. The molecule has 1 fully saturated rings. The fraction of sp³-hybridized carbons (Fsp3) is 0.385. The lowest BCUT2D eigenvalue weighted by Gasteiger charge is -2.24. The first-order valence-electron chi connectivity index (χ1n) is 6.15. The van der Waals surface area contributed by atoms with E-state index in [-0.39, 0.29) is 11.9 Å². The van der Waals surface area contributed by atoms with E-state index in [4.69, 9.17) is 4.42 Å². The Labute approximate surface area is 105 Å². The van der Waals surface area contributed by atoms with Gasteiger partial charge in [0.05, 0.1) is 24.4 Å². The molecule has 1 atom stereocenters. The van der Waals surface area contributed by atoms with Crippen LogP contribution in [0.5, 0.6) is 0 Å². The van der Waals surface area contributed by atoms with Crippen molar-refractivity contribution in [3.63, 3.8) is 0 Å². The minimum absolute atomic E-state index is 0.0541. The molecule has 1 unspecified atom stereocenters. The average Bonchev–Trinajstić information content (AvgIpc) is 3.12. The number of likely N-dealkylation sites (tertiary alicyclic amines) is 1. The Kier molecular flexibility index (Phi) is 2.88. The summed E-state index contributed by atoms with van der Waals surface area (Å²) in [6.07, 6.45) is 8.81. The maximum atomic E-state index is 12.3. The van der Waals surface area contributed by atoms with Crippen molar-refractivity contribution in [3.8, 4) is 0 Å². The normalized spacial score (nSPS) is 19.3. The van der Waals surface area contributed by atoms with Crippen LogP contribution in [-0.4, -0.2) is 33.2 Å². The Morgan fingerprint density at radius 1 is 1.56 bits per heavy atom. The van der Waals surface area contributed by atoms with E-state index >= 15 is 0 Å². The van der Waals surface area contributed by atoms with Crippen LogP contribution in [0.2, 0.25) is 0 Å². The molecule has 0 bridgehead atoms. The Morgan fingerprint density at radius 2 is 2.50 bits per heavy atom. The SMILES string of the molecule is O=C(c1ccoc1)N1CCCC1Cn1cccn1. The van der Waals surface area contributed by atoms with Gasteiger partial charge in [-0.25, -0.2) is 0 Å². The second kappa shape index (κ2) is 4.68. The molecule has 1 saturated heterocycles. The lowest BCUT2D eigenvalue weighted by molar-refractivity contribution is 0.0721. The molecule has 0 spiro atoms. The molecule has 1 aliphatic heterocycles. The molecular weight excluding hydrogens is 230 g/mol. The van der Waals surface area contributed by atoms with Crippen LogP contribution in [0.1, 0.15) is 23.2 Å². The molecule has 0 radical (unpaired) electrons. The second-order valence-electron chi connectivity index (χ2n) is 4.53. The summed E-state index contributed by atoms with van der Waals surface area (Å²) in [6, 6.07) is 3.84. The van der Waals surface area contributed by atoms with E-state index < -0.39 is 0 Å². The molecule has 3 rings (SSSR count). The van der Waals surface area contributed by atoms with Crippen LogP contribution < -0.4 is 0 Å². The number of furan rings is 1. The number of rotatable bonds is 3. The van der Waals surface area contributed by atoms with Gasteiger partial charge in [0.1, 0.15) is 6.26 Å². The highest BCUT2D eigenvalue weighted by Crippen LogP contribution is 2.21. The summed E-state index contributed by atoms with van der Waals surface area (Å²) in [7, 11) is 0. The molecular formula is C13H15N3O2. The summed E-state index contributed by atoms with van der Waals surface area (Å²) in [5.74, 6) is 0.0541. The first-order valence-corrected chi connectivity index (χ1v) is 6.15. The Balaban J connectivity index is 1.73. The maximum Gasteiger partial charge on any atom is 0.257 e. The third-order valence-electron chi connectivity index (χ3n) is 3.36. The summed E-state index contributed by atoms with van der Waals surface area (Å²) < 4.78 is 6.85. The molecule has 1 aliphatic rings. The molecule has 0 aromatic carbocycles. The molecule has 94 valence electrons. The van der Waals surface area contributed by atoms with Gasteiger partial charge >= 0.3 is 0 Å². The predicted octanol–water partition coefficient (Wildman–Crippen LogP) is 1.78. The van der Waals surface area contributed by atoms with Gasteiger partial charge in [0, 0.05) is 18.9 Å². The van der Waals surface area contributed by atoms with E-state index in [2.05, 4.69) is 5.10 Å². The number of aromatic nitrogens is 2. The van der Waals surface area contributed by atoms with Crippen molar-refractivity contribution in [1.29, 1.82) is 0 Å². The molecule has 0 N–H and O–H groups in total. The smallest absolute Gasteiger partial charge is 0.257 e. The molecule has 1 amide bonds. The van der Waals surface area contributed by atoms with Crippen molar-refractivity contribution in [1.82, 2.24) is 14.7 Å². The molecule has 5 heteroatoms. The van der Waals surface area contributed by atoms with Crippen LogP contribution in [0.4, 0.5) is 0 Å². The van der Waals surface area contributed by atoms with Crippen LogP contribution in [0.3, 0.4) is 0 Å². The lowest BCUT2D eigenvalue weighted by Crippen LogP contribution is -2.38. The van der Waals surface area contributed by atoms with Crippen molar-refractivity contribution >= 4 is 5.91 Å². The fourth-order valence-corrected chi connectivity index (χ4v) is 2.47. The van der Waals surface area contributed by atoms with Crippen molar-refractivity contribution in [3.05, 3.63) is 42.6 Å². The highest BCUT2D eigenvalue weighted by atomic mass is 16.3. The molecule has 5 nitrogen and oxygen atoms in total. The van der Waals surface area contributed by atoms with Crippen molar-refractivity contribution in [2.75, 3.05) is 6.54 Å². The van der Waals surface area contributed by atoms with Crippen molar-refractivity contribution < 1.29 is 9.21 Å². The zero-order valence-corrected chi connectivity index (χ0v) is 10.0. The highest BCUT2D eigenvalue weighted by Gasteiger charge is 2.30. The van der Waals surface area contributed by atoms with E-state index in [0.717, 1.165) is 25.9 Å². The lowest BCUT2D eigenvalue weighted by atomic mass is 10.2. The number of carbonyl (C=O) groups is 1. The number of hydrogen-bond donors (Lipinski definition) is 0. The summed E-state index contributed by atoms with van der Waals surface area (Å²) in [4.78, 5) is 14.2. The molecule has 0 saturated carbocycles. The minimum atomic E-state index is 0.0541. The standard InChI is InChI=1S/C13H15N3O2/c17-13(11-4-8-18-10-11)16-7-1-3-12(16)9-15-6-2-5-14-15/h2,4-6,8,10,12H,1,3,7,9H2. The molecule has 3 heterocycles. The Bertz CT molecular complexity index is 504. The van der Waals surface area contributed by atoms with Gasteiger partial charge in [-0.1, -0.05) is 0 Å². The number of hydrogen-bond acceptors (Lipinski definition) is 3. The van der Waals surface area contributed by atoms with Crippen LogP contribution >= 0.6 is 0 Å². The zero-order valence-electron chi connectivity index (χ0n) is 10.0. The third kappa shape index (κ3) is 2.03. The van der Waals surface area contributed by atoms with Crippen molar-refractivity contribution in [2.45, 2.75) is 25.4 Å². The van der Waals surface area contributed by atoms with Gasteiger partial charge in [-0.3, -0.25) is 9.48 Å². The molecule has 0 aliphatic carbocycles. The second-order valence-corrected chi connectivity index (χ2v) is 4.53. The summed E-state index contributed by atoms with van der Waals surface area (Å²) in [5.41, 5.74) is 0.627. The van der Waals surface area contributed by atoms with Gasteiger partial charge in [0.15, 0.2) is 0 Å². The van der Waals surface area contributed by atoms with Crippen LogP contribution in [0, 0.1) is 0 Å². The highest BCUT2D eigenvalue weighted by molar-refractivity contribution is 5.94. The third-order valence-corrected chi connectivity index (χ3v) is 3.36. The van der Waals surface area contributed by atoms with E-state index in [9.17, 15) is 4.79 Å². The Hall–Kier alpha value is -2.04. The van der Waals surface area contributed by atoms with Crippen LogP contribution in [-0.2, 0) is 6.54 Å². The predicted molar refractivity (Wildman–Crippen MR) is 65.0 cm³/mol. The summed E-state index contributed by atoms with van der Waals surface area (Å²) >= 11 is 0. The van der Waals surface area contributed by atoms with E-state index in [1.807, 2.05) is 21.8 Å². The zero-order chi connectivity index (χ0) is 12.4. The average molecular weight is 245 g/mol. The Morgan fingerprint density at radius 3 is 3.22 bits per heavy atom. The van der Waals surface area contributed by atoms with Gasteiger partial charge < -0.3 is 9.32 Å². The number of nitrogens with zero attached hydrogens (tertiary/aromatic N) is 3. The van der Waals surface area contributed by atoms with Gasteiger partial charge in [0.25, 0.3) is 5.91 Å². The van der Waals surface area contributed by atoms with E-state index in [1.54, 1.807) is 12.3 Å².